The zero-order valence-corrected chi connectivity index (χ0v) is 18.7. The summed E-state index contributed by atoms with van der Waals surface area (Å²) in [6.45, 7) is 0.524. The highest BCUT2D eigenvalue weighted by atomic mass is 32.1. The third-order valence-electron chi connectivity index (χ3n) is 7.29. The van der Waals surface area contributed by atoms with Gasteiger partial charge >= 0.3 is 0 Å². The van der Waals surface area contributed by atoms with Crippen LogP contribution in [-0.4, -0.2) is 15.0 Å². The molecule has 0 saturated heterocycles. The van der Waals surface area contributed by atoms with Gasteiger partial charge in [-0.1, -0.05) is 42.8 Å². The van der Waals surface area contributed by atoms with E-state index in [0.717, 1.165) is 28.1 Å². The SMILES string of the molecule is c1cnc(-c2ccc([C@]3(c4ccc(OCc5nccs5)cc4)C[C@@H]4CC[C@H]3C4)cc2)nc1. The fraction of sp³-hybridized carbons (Fsp3) is 0.296. The fourth-order valence-electron chi connectivity index (χ4n) is 5.89. The Morgan fingerprint density at radius 2 is 1.62 bits per heavy atom. The van der Waals surface area contributed by atoms with Gasteiger partial charge in [0.15, 0.2) is 5.82 Å². The van der Waals surface area contributed by atoms with Crippen LogP contribution in [0.15, 0.2) is 78.6 Å². The minimum absolute atomic E-state index is 0.0901. The molecule has 2 aliphatic rings. The molecule has 2 aromatic heterocycles. The van der Waals surface area contributed by atoms with Crippen molar-refractivity contribution in [1.29, 1.82) is 0 Å². The van der Waals surface area contributed by atoms with E-state index in [0.29, 0.717) is 12.5 Å². The molecule has 3 atom stereocenters. The lowest BCUT2D eigenvalue weighted by atomic mass is 9.64. The Balaban J connectivity index is 1.31. The standard InChI is InChI=1S/C27H25N3OS/c1-12-29-26(30-13-1)20-3-6-21(7-4-20)27(17-19-2-5-23(27)16-19)22-8-10-24(11-9-22)31-18-25-28-14-15-32-25/h1,3-4,6-15,19,23H,2,5,16-18H2/t19-,23+,27+/m1/s1. The average molecular weight is 440 g/mol. The fourth-order valence-corrected chi connectivity index (χ4v) is 6.41. The van der Waals surface area contributed by atoms with Crippen molar-refractivity contribution in [2.24, 2.45) is 11.8 Å². The van der Waals surface area contributed by atoms with E-state index in [-0.39, 0.29) is 5.41 Å². The van der Waals surface area contributed by atoms with E-state index >= 15 is 0 Å². The van der Waals surface area contributed by atoms with Crippen LogP contribution in [-0.2, 0) is 12.0 Å². The van der Waals surface area contributed by atoms with Crippen molar-refractivity contribution in [3.63, 3.8) is 0 Å². The van der Waals surface area contributed by atoms with Gasteiger partial charge in [-0.05, 0) is 60.4 Å². The number of ether oxygens (including phenoxy) is 1. The molecule has 0 radical (unpaired) electrons. The molecule has 2 saturated carbocycles. The van der Waals surface area contributed by atoms with Crippen LogP contribution in [0.2, 0.25) is 0 Å². The summed E-state index contributed by atoms with van der Waals surface area (Å²) in [5.74, 6) is 3.22. The summed E-state index contributed by atoms with van der Waals surface area (Å²) in [6, 6.07) is 19.7. The summed E-state index contributed by atoms with van der Waals surface area (Å²) >= 11 is 1.62. The van der Waals surface area contributed by atoms with Crippen LogP contribution in [0, 0.1) is 11.8 Å². The zero-order chi connectivity index (χ0) is 21.4. The molecule has 2 heterocycles. The quantitative estimate of drug-likeness (QED) is 0.354. The third-order valence-corrected chi connectivity index (χ3v) is 8.04. The van der Waals surface area contributed by atoms with Crippen LogP contribution in [0.4, 0.5) is 0 Å². The lowest BCUT2D eigenvalue weighted by Gasteiger charge is -2.39. The molecule has 2 bridgehead atoms. The highest BCUT2D eigenvalue weighted by Gasteiger charge is 2.52. The predicted molar refractivity (Wildman–Crippen MR) is 127 cm³/mol. The van der Waals surface area contributed by atoms with Crippen LogP contribution in [0.25, 0.3) is 11.4 Å². The van der Waals surface area contributed by atoms with Crippen molar-refractivity contribution in [2.75, 3.05) is 0 Å². The zero-order valence-electron chi connectivity index (χ0n) is 17.9. The number of fused-ring (bicyclic) bond motifs is 2. The minimum atomic E-state index is 0.0901. The van der Waals surface area contributed by atoms with Crippen LogP contribution in [0.1, 0.15) is 41.8 Å². The van der Waals surface area contributed by atoms with Gasteiger partial charge < -0.3 is 4.74 Å². The number of hydrogen-bond acceptors (Lipinski definition) is 5. The molecule has 0 unspecified atom stereocenters. The highest BCUT2D eigenvalue weighted by Crippen LogP contribution is 2.60. The molecule has 6 rings (SSSR count). The molecule has 2 aliphatic carbocycles. The Morgan fingerprint density at radius 3 is 2.25 bits per heavy atom. The topological polar surface area (TPSA) is 47.9 Å². The van der Waals surface area contributed by atoms with Crippen molar-refractivity contribution >= 4 is 11.3 Å². The largest absolute Gasteiger partial charge is 0.486 e. The van der Waals surface area contributed by atoms with E-state index in [1.54, 1.807) is 23.7 Å². The van der Waals surface area contributed by atoms with E-state index in [1.165, 1.54) is 36.8 Å². The smallest absolute Gasteiger partial charge is 0.159 e. The number of thiazole rings is 1. The van der Waals surface area contributed by atoms with Crippen LogP contribution in [0.5, 0.6) is 5.75 Å². The lowest BCUT2D eigenvalue weighted by molar-refractivity contribution is 0.303. The monoisotopic (exact) mass is 439 g/mol. The third kappa shape index (κ3) is 3.41. The maximum absolute atomic E-state index is 5.97. The van der Waals surface area contributed by atoms with E-state index in [2.05, 4.69) is 63.5 Å². The second kappa shape index (κ2) is 8.14. The molecule has 0 amide bonds. The maximum Gasteiger partial charge on any atom is 0.159 e. The Bertz CT molecular complexity index is 1180. The molecule has 2 aromatic carbocycles. The van der Waals surface area contributed by atoms with Gasteiger partial charge in [0.05, 0.1) is 0 Å². The molecule has 32 heavy (non-hydrogen) atoms. The molecule has 0 N–H and O–H groups in total. The number of hydrogen-bond donors (Lipinski definition) is 0. The molecular formula is C27H25N3OS. The van der Waals surface area contributed by atoms with Crippen molar-refractivity contribution in [1.82, 2.24) is 15.0 Å². The second-order valence-electron chi connectivity index (χ2n) is 8.94. The van der Waals surface area contributed by atoms with E-state index in [9.17, 15) is 0 Å². The molecule has 2 fully saturated rings. The van der Waals surface area contributed by atoms with Gasteiger partial charge in [-0.2, -0.15) is 0 Å². The summed E-state index contributed by atoms with van der Waals surface area (Å²) in [4.78, 5) is 13.1. The van der Waals surface area contributed by atoms with E-state index < -0.39 is 0 Å². The first-order valence-corrected chi connectivity index (χ1v) is 12.2. The Hall–Kier alpha value is -3.05. The summed E-state index contributed by atoms with van der Waals surface area (Å²) in [5, 5.41) is 2.98. The summed E-state index contributed by atoms with van der Waals surface area (Å²) in [6.07, 6.45) is 10.7. The first kappa shape index (κ1) is 19.6. The first-order valence-electron chi connectivity index (χ1n) is 11.3. The Kier molecular flexibility index (Phi) is 4.99. The predicted octanol–water partition coefficient (Wildman–Crippen LogP) is 6.29. The second-order valence-corrected chi connectivity index (χ2v) is 9.92. The van der Waals surface area contributed by atoms with Gasteiger partial charge in [-0.25, -0.2) is 15.0 Å². The van der Waals surface area contributed by atoms with Gasteiger partial charge in [-0.15, -0.1) is 11.3 Å². The molecule has 0 aliphatic heterocycles. The number of nitrogens with zero attached hydrogens (tertiary/aromatic N) is 3. The normalized spacial score (nSPS) is 24.0. The maximum atomic E-state index is 5.97. The summed E-state index contributed by atoms with van der Waals surface area (Å²) in [7, 11) is 0. The number of rotatable bonds is 6. The van der Waals surface area contributed by atoms with Gasteiger partial charge in [0.2, 0.25) is 0 Å². The Labute approximate surface area is 192 Å². The van der Waals surface area contributed by atoms with Gasteiger partial charge in [0.1, 0.15) is 17.4 Å². The highest BCUT2D eigenvalue weighted by molar-refractivity contribution is 7.09. The lowest BCUT2D eigenvalue weighted by Crippen LogP contribution is -2.34. The number of benzene rings is 2. The average Bonchev–Trinajstić information content (AvgIpc) is 3.62. The van der Waals surface area contributed by atoms with E-state index in [1.807, 2.05) is 17.6 Å². The first-order chi connectivity index (χ1) is 15.8. The van der Waals surface area contributed by atoms with Crippen molar-refractivity contribution in [2.45, 2.75) is 37.7 Å². The van der Waals surface area contributed by atoms with Gasteiger partial charge in [-0.3, -0.25) is 0 Å². The molecule has 5 heteroatoms. The molecule has 0 spiro atoms. The van der Waals surface area contributed by atoms with Crippen LogP contribution in [0.3, 0.4) is 0 Å². The van der Waals surface area contributed by atoms with Crippen molar-refractivity contribution in [3.8, 4) is 17.1 Å². The molecule has 4 aromatic rings. The number of aromatic nitrogens is 3. The van der Waals surface area contributed by atoms with Crippen LogP contribution < -0.4 is 4.74 Å². The minimum Gasteiger partial charge on any atom is -0.486 e. The van der Waals surface area contributed by atoms with E-state index in [4.69, 9.17) is 4.74 Å². The molecule has 4 nitrogen and oxygen atoms in total. The Morgan fingerprint density at radius 1 is 0.875 bits per heavy atom. The van der Waals surface area contributed by atoms with Gasteiger partial charge in [0.25, 0.3) is 0 Å². The molecule has 160 valence electrons. The van der Waals surface area contributed by atoms with Crippen molar-refractivity contribution < 1.29 is 4.74 Å². The summed E-state index contributed by atoms with van der Waals surface area (Å²) in [5.41, 5.74) is 3.99. The molecular weight excluding hydrogens is 414 g/mol. The van der Waals surface area contributed by atoms with Crippen molar-refractivity contribution in [3.05, 3.63) is 94.7 Å². The van der Waals surface area contributed by atoms with Crippen LogP contribution >= 0.6 is 11.3 Å². The summed E-state index contributed by atoms with van der Waals surface area (Å²) < 4.78 is 5.97. The van der Waals surface area contributed by atoms with Gasteiger partial charge in [0, 0.05) is 34.9 Å².